The molecule has 196 valence electrons. The number of aryl methyl sites for hydroxylation is 1. The molecule has 3 saturated heterocycles. The molecular weight excluding hydrogens is 477 g/mol. The van der Waals surface area contributed by atoms with Crippen LogP contribution in [0.25, 0.3) is 0 Å². The zero-order chi connectivity index (χ0) is 26.6. The molecule has 1 aromatic carbocycles. The third-order valence-electron chi connectivity index (χ3n) is 6.51. The van der Waals surface area contributed by atoms with Crippen LogP contribution in [0.2, 0.25) is 0 Å². The molecule has 36 heavy (non-hydrogen) atoms. The highest BCUT2D eigenvalue weighted by Gasteiger charge is 2.43. The second kappa shape index (κ2) is 9.47. The van der Waals surface area contributed by atoms with Gasteiger partial charge < -0.3 is 29.0 Å². The molecule has 5 rings (SSSR count). The van der Waals surface area contributed by atoms with Crippen LogP contribution in [0.3, 0.4) is 0 Å². The van der Waals surface area contributed by atoms with Crippen molar-refractivity contribution in [2.24, 2.45) is 0 Å². The van der Waals surface area contributed by atoms with Crippen molar-refractivity contribution in [3.8, 4) is 5.75 Å². The van der Waals surface area contributed by atoms with Crippen molar-refractivity contribution in [2.75, 3.05) is 39.3 Å². The predicted octanol–water partition coefficient (Wildman–Crippen LogP) is 3.36. The average Bonchev–Trinajstić information content (AvgIpc) is 3.60. The first-order valence-corrected chi connectivity index (χ1v) is 13.7. The largest absolute Gasteiger partial charge is 0.426 e. The standard InChI is InChI=1S/C15H25O3P.C12H13N3O2/c1-10-8-11(14(2,3)4)13(18-19(16)17)12(9-10)15(5,6)7;16-9-7-8(13-1-2-13)12(17)11(15-5-6-15)10(9)14-3-4-14/h8-9,16-17H,1-7H3;7H,1-6H2. The highest BCUT2D eigenvalue weighted by atomic mass is 31.2. The summed E-state index contributed by atoms with van der Waals surface area (Å²) in [6.45, 7) is 20.0. The van der Waals surface area contributed by atoms with Crippen LogP contribution in [0, 0.1) is 6.92 Å². The Balaban J connectivity index is 0.000000169. The van der Waals surface area contributed by atoms with E-state index in [1.54, 1.807) is 0 Å². The number of carbonyl (C=O) groups excluding carboxylic acids is 2. The third kappa shape index (κ3) is 5.93. The Hall–Kier alpha value is -2.41. The van der Waals surface area contributed by atoms with Gasteiger partial charge in [-0.1, -0.05) is 59.2 Å². The van der Waals surface area contributed by atoms with Gasteiger partial charge in [-0.2, -0.15) is 0 Å². The van der Waals surface area contributed by atoms with E-state index in [0.29, 0.717) is 22.8 Å². The van der Waals surface area contributed by atoms with Gasteiger partial charge >= 0.3 is 8.60 Å². The van der Waals surface area contributed by atoms with Crippen molar-refractivity contribution < 1.29 is 23.9 Å². The van der Waals surface area contributed by atoms with Gasteiger partial charge in [-0.05, 0) is 17.8 Å². The Labute approximate surface area is 215 Å². The minimum absolute atomic E-state index is 0.00546. The van der Waals surface area contributed by atoms with Crippen molar-refractivity contribution in [2.45, 2.75) is 59.3 Å². The van der Waals surface area contributed by atoms with Gasteiger partial charge in [0, 0.05) is 56.5 Å². The smallest absolute Gasteiger partial charge is 0.391 e. The fourth-order valence-corrected chi connectivity index (χ4v) is 4.70. The lowest BCUT2D eigenvalue weighted by Gasteiger charge is -2.30. The number of nitrogens with zero attached hydrogens (tertiary/aromatic N) is 3. The first kappa shape index (κ1) is 26.6. The monoisotopic (exact) mass is 515 g/mol. The molecule has 3 fully saturated rings. The summed E-state index contributed by atoms with van der Waals surface area (Å²) in [5.74, 6) is 0.661. The predicted molar refractivity (Wildman–Crippen MR) is 140 cm³/mol. The number of benzene rings is 1. The number of allylic oxidation sites excluding steroid dienone is 1. The topological polar surface area (TPSA) is 92.9 Å². The Morgan fingerprint density at radius 2 is 1.22 bits per heavy atom. The summed E-state index contributed by atoms with van der Waals surface area (Å²) >= 11 is 0. The van der Waals surface area contributed by atoms with Crippen LogP contribution in [0.15, 0.2) is 35.3 Å². The van der Waals surface area contributed by atoms with Crippen molar-refractivity contribution >= 4 is 20.2 Å². The SMILES string of the molecule is Cc1cc(C(C)(C)C)c(OP(O)O)c(C(C)(C)C)c1.O=C1C=C(N2CC2)C(=O)C(N2CC2)=C1N1CC1. The Kier molecular flexibility index (Phi) is 7.01. The zero-order valence-electron chi connectivity index (χ0n) is 22.4. The van der Waals surface area contributed by atoms with E-state index in [0.717, 1.165) is 56.0 Å². The fraction of sp³-hybridized carbons (Fsp3) is 0.556. The van der Waals surface area contributed by atoms with E-state index in [1.807, 2.05) is 14.7 Å². The molecule has 0 atom stereocenters. The van der Waals surface area contributed by atoms with Gasteiger partial charge in [0.1, 0.15) is 17.1 Å². The summed E-state index contributed by atoms with van der Waals surface area (Å²) in [7, 11) is -2.41. The minimum atomic E-state index is -2.41. The maximum absolute atomic E-state index is 12.4. The maximum Gasteiger partial charge on any atom is 0.391 e. The molecule has 2 N–H and O–H groups in total. The number of ketones is 2. The lowest BCUT2D eigenvalue weighted by Crippen LogP contribution is -2.29. The molecule has 0 unspecified atom stereocenters. The van der Waals surface area contributed by atoms with Crippen LogP contribution in [-0.2, 0) is 20.4 Å². The Morgan fingerprint density at radius 1 is 0.778 bits per heavy atom. The van der Waals surface area contributed by atoms with E-state index in [-0.39, 0.29) is 22.4 Å². The molecule has 0 bridgehead atoms. The molecule has 1 aromatic rings. The molecule has 3 heterocycles. The first-order valence-electron chi connectivity index (χ1n) is 12.5. The molecule has 1 aliphatic carbocycles. The highest BCUT2D eigenvalue weighted by Crippen LogP contribution is 2.44. The third-order valence-corrected chi connectivity index (χ3v) is 6.86. The average molecular weight is 516 g/mol. The number of Topliss-reactive ketones (excluding diaryl/α,β-unsaturated/α-hetero) is 1. The van der Waals surface area contributed by atoms with Gasteiger partial charge in [0.2, 0.25) is 11.6 Å². The van der Waals surface area contributed by atoms with E-state index in [1.165, 1.54) is 6.08 Å². The van der Waals surface area contributed by atoms with E-state index in [2.05, 4.69) is 60.6 Å². The summed E-state index contributed by atoms with van der Waals surface area (Å²) < 4.78 is 5.36. The molecule has 4 aliphatic rings. The van der Waals surface area contributed by atoms with Crippen LogP contribution in [-0.4, -0.2) is 75.3 Å². The van der Waals surface area contributed by atoms with Gasteiger partial charge in [-0.25, -0.2) is 0 Å². The summed E-state index contributed by atoms with van der Waals surface area (Å²) in [6, 6.07) is 4.12. The summed E-state index contributed by atoms with van der Waals surface area (Å²) in [5.41, 5.74) is 4.82. The number of hydrogen-bond acceptors (Lipinski definition) is 8. The van der Waals surface area contributed by atoms with E-state index < -0.39 is 8.60 Å². The van der Waals surface area contributed by atoms with E-state index in [9.17, 15) is 19.4 Å². The van der Waals surface area contributed by atoms with Crippen molar-refractivity contribution in [1.29, 1.82) is 0 Å². The normalized spacial score (nSPS) is 19.4. The fourth-order valence-electron chi connectivity index (χ4n) is 4.34. The molecule has 9 heteroatoms. The van der Waals surface area contributed by atoms with E-state index >= 15 is 0 Å². The number of carbonyl (C=O) groups is 2. The molecule has 0 radical (unpaired) electrons. The van der Waals surface area contributed by atoms with Crippen molar-refractivity contribution in [3.63, 3.8) is 0 Å². The van der Waals surface area contributed by atoms with Crippen molar-refractivity contribution in [1.82, 2.24) is 14.7 Å². The van der Waals surface area contributed by atoms with Crippen LogP contribution in [0.5, 0.6) is 5.75 Å². The second-order valence-corrected chi connectivity index (χ2v) is 12.6. The van der Waals surface area contributed by atoms with Gasteiger partial charge in [0.05, 0.1) is 5.70 Å². The Morgan fingerprint density at radius 3 is 1.61 bits per heavy atom. The number of hydrogen-bond donors (Lipinski definition) is 2. The lowest BCUT2D eigenvalue weighted by atomic mass is 9.78. The molecule has 8 nitrogen and oxygen atoms in total. The zero-order valence-corrected chi connectivity index (χ0v) is 23.3. The minimum Gasteiger partial charge on any atom is -0.426 e. The molecule has 0 amide bonds. The molecule has 3 aliphatic heterocycles. The Bertz CT molecular complexity index is 1100. The lowest BCUT2D eigenvalue weighted by molar-refractivity contribution is -0.117. The van der Waals surface area contributed by atoms with Gasteiger partial charge in [0.15, 0.2) is 0 Å². The van der Waals surface area contributed by atoms with Crippen molar-refractivity contribution in [3.05, 3.63) is 52.0 Å². The highest BCUT2D eigenvalue weighted by molar-refractivity contribution is 7.39. The maximum atomic E-state index is 12.4. The van der Waals surface area contributed by atoms with Gasteiger partial charge in [-0.3, -0.25) is 9.59 Å². The van der Waals surface area contributed by atoms with Gasteiger partial charge in [-0.15, -0.1) is 0 Å². The quantitative estimate of drug-likeness (QED) is 0.351. The van der Waals surface area contributed by atoms with Crippen LogP contribution in [0.4, 0.5) is 0 Å². The molecule has 0 spiro atoms. The molecule has 0 saturated carbocycles. The second-order valence-electron chi connectivity index (χ2n) is 11.9. The van der Waals surface area contributed by atoms with E-state index in [4.69, 9.17) is 4.52 Å². The summed E-state index contributed by atoms with van der Waals surface area (Å²) in [4.78, 5) is 49.0. The van der Waals surface area contributed by atoms with Crippen LogP contribution in [0.1, 0.15) is 58.2 Å². The molecular formula is C27H38N3O5P. The van der Waals surface area contributed by atoms with Crippen LogP contribution < -0.4 is 4.52 Å². The summed E-state index contributed by atoms with van der Waals surface area (Å²) in [6.07, 6.45) is 1.52. The van der Waals surface area contributed by atoms with Gasteiger partial charge in [0.25, 0.3) is 0 Å². The number of rotatable bonds is 5. The summed E-state index contributed by atoms with van der Waals surface area (Å²) in [5, 5.41) is 0. The first-order chi connectivity index (χ1) is 16.7. The molecule has 0 aromatic heterocycles. The van der Waals surface area contributed by atoms with Crippen LogP contribution >= 0.6 is 8.60 Å².